The summed E-state index contributed by atoms with van der Waals surface area (Å²) in [5.41, 5.74) is 3.32. The molecule has 2 heterocycles. The van der Waals surface area contributed by atoms with Gasteiger partial charge in [-0.15, -0.1) is 4.68 Å². The molecule has 0 radical (unpaired) electrons. The Morgan fingerprint density at radius 1 is 1.09 bits per heavy atom. The van der Waals surface area contributed by atoms with Crippen LogP contribution in [0, 0.1) is 0 Å². The van der Waals surface area contributed by atoms with Gasteiger partial charge in [0.1, 0.15) is 5.75 Å². The molecule has 2 N–H and O–H groups in total. The highest BCUT2D eigenvalue weighted by atomic mass is 16.5. The molecule has 116 valence electrons. The summed E-state index contributed by atoms with van der Waals surface area (Å²) in [4.78, 5) is 4.53. The number of pyridine rings is 1. The Kier molecular flexibility index (Phi) is 3.95. The van der Waals surface area contributed by atoms with Gasteiger partial charge in [-0.2, -0.15) is 5.10 Å². The quantitative estimate of drug-likeness (QED) is 0.592. The molecular weight excluding hydrogens is 290 g/mol. The minimum atomic E-state index is 0. The molecule has 2 aromatic heterocycles. The van der Waals surface area contributed by atoms with E-state index in [1.54, 1.807) is 7.11 Å². The second kappa shape index (κ2) is 6.06. The molecule has 0 bridgehead atoms. The Bertz CT molecular complexity index is 945. The van der Waals surface area contributed by atoms with E-state index in [2.05, 4.69) is 45.1 Å². The van der Waals surface area contributed by atoms with Crippen LogP contribution in [-0.2, 0) is 6.54 Å². The summed E-state index contributed by atoms with van der Waals surface area (Å²) in [6.45, 7) is 0.767. The van der Waals surface area contributed by atoms with E-state index >= 15 is 0 Å². The molecule has 23 heavy (non-hydrogen) atoms. The van der Waals surface area contributed by atoms with Crippen LogP contribution in [0.3, 0.4) is 0 Å². The molecule has 0 saturated carbocycles. The lowest BCUT2D eigenvalue weighted by Gasteiger charge is -2.01. The van der Waals surface area contributed by atoms with E-state index in [1.807, 2.05) is 30.6 Å². The molecule has 0 fully saturated rings. The average molecular weight is 307 g/mol. The van der Waals surface area contributed by atoms with Gasteiger partial charge in [-0.3, -0.25) is 0 Å². The van der Waals surface area contributed by atoms with E-state index in [0.717, 1.165) is 28.7 Å². The fourth-order valence-corrected chi connectivity index (χ4v) is 2.79. The van der Waals surface area contributed by atoms with Crippen LogP contribution < -0.4 is 9.42 Å². The molecule has 4 aromatic rings. The van der Waals surface area contributed by atoms with E-state index in [1.165, 1.54) is 10.9 Å². The monoisotopic (exact) mass is 307 g/mol. The number of nitrogens with one attached hydrogen (secondary N) is 1. The molecule has 5 heteroatoms. The third-order valence-corrected chi connectivity index (χ3v) is 3.93. The number of fused-ring (bicyclic) bond motifs is 3. The number of H-pyrrole nitrogens is 1. The van der Waals surface area contributed by atoms with Crippen LogP contribution in [0.25, 0.3) is 21.8 Å². The van der Waals surface area contributed by atoms with Crippen LogP contribution in [0.2, 0.25) is 0 Å². The molecular formula is C18H17N3O2. The molecule has 0 atom stereocenters. The van der Waals surface area contributed by atoms with Crippen molar-refractivity contribution in [3.8, 4) is 5.75 Å². The second-order valence-corrected chi connectivity index (χ2v) is 5.29. The van der Waals surface area contributed by atoms with Crippen molar-refractivity contribution in [1.29, 1.82) is 0 Å². The molecule has 0 spiro atoms. The first-order valence-electron chi connectivity index (χ1n) is 7.23. The largest absolute Gasteiger partial charge is 0.870 e. The summed E-state index contributed by atoms with van der Waals surface area (Å²) in [5, 5.41) is 5.67. The van der Waals surface area contributed by atoms with Crippen LogP contribution in [0.1, 0.15) is 5.56 Å². The van der Waals surface area contributed by atoms with Gasteiger partial charge < -0.3 is 10.2 Å². The molecule has 0 unspecified atom stereocenters. The van der Waals surface area contributed by atoms with Crippen molar-refractivity contribution in [1.82, 2.24) is 10.1 Å². The highest BCUT2D eigenvalue weighted by Gasteiger charge is 2.16. The molecule has 0 aliphatic heterocycles. The van der Waals surface area contributed by atoms with Gasteiger partial charge in [-0.1, -0.05) is 18.2 Å². The maximum Gasteiger partial charge on any atom is 0.264 e. The smallest absolute Gasteiger partial charge is 0.264 e. The highest BCUT2D eigenvalue weighted by molar-refractivity contribution is 6.00. The first-order valence-corrected chi connectivity index (χ1v) is 7.23. The molecule has 4 rings (SSSR count). The van der Waals surface area contributed by atoms with E-state index in [9.17, 15) is 0 Å². The Hall–Kier alpha value is -2.92. The third-order valence-electron chi connectivity index (χ3n) is 3.93. The number of ether oxygens (including phenoxy) is 1. The lowest BCUT2D eigenvalue weighted by molar-refractivity contribution is -0.718. The van der Waals surface area contributed by atoms with Gasteiger partial charge in [-0.05, 0) is 30.3 Å². The summed E-state index contributed by atoms with van der Waals surface area (Å²) >= 11 is 0. The minimum Gasteiger partial charge on any atom is -0.870 e. The van der Waals surface area contributed by atoms with Gasteiger partial charge in [0.2, 0.25) is 0 Å². The van der Waals surface area contributed by atoms with Crippen molar-refractivity contribution >= 4 is 21.8 Å². The van der Waals surface area contributed by atoms with Crippen molar-refractivity contribution in [2.45, 2.75) is 6.54 Å². The number of rotatable bonds is 3. The summed E-state index contributed by atoms with van der Waals surface area (Å²) in [5.74, 6) is 0.872. The topological polar surface area (TPSA) is 71.8 Å². The predicted octanol–water partition coefficient (Wildman–Crippen LogP) is 2.88. The normalized spacial score (nSPS) is 10.7. The van der Waals surface area contributed by atoms with E-state index < -0.39 is 0 Å². The molecule has 5 nitrogen and oxygen atoms in total. The minimum absolute atomic E-state index is 0. The summed E-state index contributed by atoms with van der Waals surface area (Å²) in [6.07, 6.45) is 3.87. The zero-order valence-corrected chi connectivity index (χ0v) is 12.7. The first-order chi connectivity index (χ1) is 10.8. The number of methoxy groups -OCH3 is 1. The SMILES string of the molecule is COc1ccc(C[n+]2[nH]cc3ncc4ccccc4c32)cc1.[OH-]. The maximum atomic E-state index is 5.21. The summed E-state index contributed by atoms with van der Waals surface area (Å²) < 4.78 is 7.34. The Balaban J connectivity index is 0.00000156. The van der Waals surface area contributed by atoms with Gasteiger partial charge in [0.25, 0.3) is 5.52 Å². The van der Waals surface area contributed by atoms with E-state index in [4.69, 9.17) is 4.74 Å². The third kappa shape index (κ3) is 2.62. The summed E-state index contributed by atoms with van der Waals surface area (Å²) in [6, 6.07) is 16.5. The van der Waals surface area contributed by atoms with Crippen LogP contribution in [0.15, 0.2) is 60.9 Å². The van der Waals surface area contributed by atoms with Crippen LogP contribution >= 0.6 is 0 Å². The van der Waals surface area contributed by atoms with Gasteiger partial charge in [0.15, 0.2) is 12.1 Å². The zero-order chi connectivity index (χ0) is 14.9. The first kappa shape index (κ1) is 15.0. The van der Waals surface area contributed by atoms with Crippen molar-refractivity contribution in [3.05, 3.63) is 66.5 Å². The van der Waals surface area contributed by atoms with Gasteiger partial charge in [0, 0.05) is 17.1 Å². The van der Waals surface area contributed by atoms with Gasteiger partial charge in [0.05, 0.1) is 18.7 Å². The lowest BCUT2D eigenvalue weighted by atomic mass is 10.1. The van der Waals surface area contributed by atoms with Crippen LogP contribution in [-0.4, -0.2) is 22.7 Å². The molecule has 0 aliphatic carbocycles. The standard InChI is InChI=1S/C18H15N3O.H2O/c1-22-15-8-6-13(7-9-15)12-21-18-16-5-3-2-4-14(16)10-19-17(18)11-20-21;/h2-11H,12H2,1H3;1H2. The highest BCUT2D eigenvalue weighted by Crippen LogP contribution is 2.20. The molecule has 0 aliphatic rings. The van der Waals surface area contributed by atoms with E-state index in [0.29, 0.717) is 0 Å². The van der Waals surface area contributed by atoms with Crippen LogP contribution in [0.4, 0.5) is 0 Å². The van der Waals surface area contributed by atoms with Crippen molar-refractivity contribution < 1.29 is 14.9 Å². The lowest BCUT2D eigenvalue weighted by Crippen LogP contribution is -2.36. The van der Waals surface area contributed by atoms with Crippen molar-refractivity contribution in [2.75, 3.05) is 7.11 Å². The number of nitrogens with zero attached hydrogens (tertiary/aromatic N) is 2. The van der Waals surface area contributed by atoms with Gasteiger partial charge in [-0.25, -0.2) is 4.98 Å². The van der Waals surface area contributed by atoms with E-state index in [-0.39, 0.29) is 5.48 Å². The summed E-state index contributed by atoms with van der Waals surface area (Å²) in [7, 11) is 1.68. The maximum absolute atomic E-state index is 5.21. The van der Waals surface area contributed by atoms with Crippen molar-refractivity contribution in [2.24, 2.45) is 0 Å². The Morgan fingerprint density at radius 3 is 2.65 bits per heavy atom. The molecule has 2 aromatic carbocycles. The Labute approximate surface area is 133 Å². The Morgan fingerprint density at radius 2 is 1.87 bits per heavy atom. The fraction of sp³-hybridized carbons (Fsp3) is 0.111. The number of hydrogen-bond donors (Lipinski definition) is 1. The zero-order valence-electron chi connectivity index (χ0n) is 12.7. The average Bonchev–Trinajstić information content (AvgIpc) is 2.99. The second-order valence-electron chi connectivity index (χ2n) is 5.29. The van der Waals surface area contributed by atoms with Crippen LogP contribution in [0.5, 0.6) is 5.75 Å². The number of benzene rings is 2. The number of hydrogen-bond acceptors (Lipinski definition) is 3. The molecule has 0 saturated heterocycles. The van der Waals surface area contributed by atoms with Crippen molar-refractivity contribution in [3.63, 3.8) is 0 Å². The fourth-order valence-electron chi connectivity index (χ4n) is 2.79. The predicted molar refractivity (Wildman–Crippen MR) is 87.8 cm³/mol. The molecule has 0 amide bonds. The van der Waals surface area contributed by atoms with Gasteiger partial charge >= 0.3 is 0 Å². The number of aromatic amines is 1. The number of aromatic nitrogens is 3.